The second kappa shape index (κ2) is 10.1. The molecule has 6 nitrogen and oxygen atoms in total. The predicted octanol–water partition coefficient (Wildman–Crippen LogP) is 2.96. The van der Waals surface area contributed by atoms with Crippen molar-refractivity contribution in [2.45, 2.75) is 26.3 Å². The minimum Gasteiger partial charge on any atom is -0.376 e. The summed E-state index contributed by atoms with van der Waals surface area (Å²) in [7, 11) is 3.03. The lowest BCUT2D eigenvalue weighted by atomic mass is 10.2. The Bertz CT molecular complexity index is 759. The number of nitrogens with zero attached hydrogens (tertiary/aromatic N) is 3. The molecule has 1 heterocycles. The van der Waals surface area contributed by atoms with Crippen LogP contribution in [0.3, 0.4) is 0 Å². The molecule has 0 saturated carbocycles. The lowest BCUT2D eigenvalue weighted by Crippen LogP contribution is -2.39. The van der Waals surface area contributed by atoms with Crippen LogP contribution in [-0.2, 0) is 31.1 Å². The number of ether oxygens (including phenoxy) is 1. The minimum atomic E-state index is -4.49. The highest BCUT2D eigenvalue weighted by atomic mass is 19.4. The zero-order chi connectivity index (χ0) is 20.6. The van der Waals surface area contributed by atoms with Gasteiger partial charge in [-0.1, -0.05) is 37.3 Å². The zero-order valence-corrected chi connectivity index (χ0v) is 16.3. The molecule has 0 fully saturated rings. The maximum atomic E-state index is 13.0. The molecule has 154 valence electrons. The van der Waals surface area contributed by atoms with Gasteiger partial charge in [-0.15, -0.1) is 0 Å². The lowest BCUT2D eigenvalue weighted by molar-refractivity contribution is -0.142. The van der Waals surface area contributed by atoms with Crippen LogP contribution < -0.4 is 10.6 Å². The van der Waals surface area contributed by atoms with Crippen molar-refractivity contribution in [2.24, 2.45) is 18.0 Å². The van der Waals surface area contributed by atoms with E-state index in [1.165, 1.54) is 13.2 Å². The number of aliphatic imine (C=N–C) groups is 1. The molecule has 0 aliphatic carbocycles. The molecule has 28 heavy (non-hydrogen) atoms. The fraction of sp³-hybridized carbons (Fsp3) is 0.474. The first-order chi connectivity index (χ1) is 13.3. The molecular weight excluding hydrogens is 371 g/mol. The van der Waals surface area contributed by atoms with E-state index in [4.69, 9.17) is 4.74 Å². The van der Waals surface area contributed by atoms with Crippen LogP contribution in [0.15, 0.2) is 41.5 Å². The van der Waals surface area contributed by atoms with Gasteiger partial charge in [-0.25, -0.2) is 0 Å². The topological polar surface area (TPSA) is 63.5 Å². The van der Waals surface area contributed by atoms with Crippen molar-refractivity contribution < 1.29 is 17.9 Å². The van der Waals surface area contributed by atoms with Gasteiger partial charge in [0.1, 0.15) is 0 Å². The number of rotatable bonds is 8. The Hall–Kier alpha value is -2.55. The van der Waals surface area contributed by atoms with Gasteiger partial charge in [0.25, 0.3) is 0 Å². The normalized spacial score (nSPS) is 13.4. The molecule has 2 aromatic rings. The quantitative estimate of drug-likeness (QED) is 0.531. The summed E-state index contributed by atoms with van der Waals surface area (Å²) in [6, 6.07) is 9.89. The monoisotopic (exact) mass is 397 g/mol. The van der Waals surface area contributed by atoms with E-state index in [1.54, 1.807) is 7.05 Å². The van der Waals surface area contributed by atoms with Gasteiger partial charge < -0.3 is 15.4 Å². The maximum absolute atomic E-state index is 13.0. The molecule has 0 aliphatic rings. The van der Waals surface area contributed by atoms with E-state index in [0.29, 0.717) is 25.7 Å². The second-order valence-corrected chi connectivity index (χ2v) is 6.59. The predicted molar refractivity (Wildman–Crippen MR) is 102 cm³/mol. The molecule has 0 saturated heterocycles. The van der Waals surface area contributed by atoms with Crippen molar-refractivity contribution >= 4 is 5.96 Å². The van der Waals surface area contributed by atoms with Gasteiger partial charge in [-0.3, -0.25) is 9.67 Å². The Labute approximate surface area is 162 Å². The van der Waals surface area contributed by atoms with Crippen molar-refractivity contribution in [2.75, 3.05) is 20.2 Å². The Kier molecular flexibility index (Phi) is 7.86. The molecule has 0 amide bonds. The number of halogens is 3. The molecule has 0 aliphatic heterocycles. The van der Waals surface area contributed by atoms with Gasteiger partial charge in [-0.2, -0.15) is 18.3 Å². The van der Waals surface area contributed by atoms with E-state index in [-0.39, 0.29) is 18.0 Å². The zero-order valence-electron chi connectivity index (χ0n) is 16.3. The van der Waals surface area contributed by atoms with Crippen LogP contribution in [0.25, 0.3) is 0 Å². The van der Waals surface area contributed by atoms with Gasteiger partial charge in [-0.05, 0) is 11.5 Å². The molecule has 0 bridgehead atoms. The summed E-state index contributed by atoms with van der Waals surface area (Å²) in [6.07, 6.45) is -3.14. The first kappa shape index (κ1) is 21.7. The molecule has 2 N–H and O–H groups in total. The van der Waals surface area contributed by atoms with Gasteiger partial charge in [0.15, 0.2) is 11.7 Å². The third kappa shape index (κ3) is 6.88. The molecule has 1 aromatic carbocycles. The van der Waals surface area contributed by atoms with Crippen molar-refractivity contribution in [1.29, 1.82) is 0 Å². The number of aromatic nitrogens is 2. The minimum absolute atomic E-state index is 0.0265. The average Bonchev–Trinajstić information content (AvgIpc) is 3.04. The van der Waals surface area contributed by atoms with E-state index in [2.05, 4.69) is 20.7 Å². The average molecular weight is 397 g/mol. The smallest absolute Gasteiger partial charge is 0.376 e. The van der Waals surface area contributed by atoms with E-state index in [0.717, 1.165) is 10.2 Å². The standard InChI is InChI=1S/C19H26F3N5O/c1-14(12-28-13-15-7-5-4-6-8-15)9-24-18(23-2)25-10-16-11-27(3)26-17(16)19(20,21)22/h4-8,11,14H,9-10,12-13H2,1-3H3,(H2,23,24,25). The highest BCUT2D eigenvalue weighted by Gasteiger charge is 2.36. The van der Waals surface area contributed by atoms with Gasteiger partial charge >= 0.3 is 6.18 Å². The third-order valence-electron chi connectivity index (χ3n) is 3.97. The number of nitrogens with one attached hydrogen (secondary N) is 2. The van der Waals surface area contributed by atoms with Gasteiger partial charge in [0.05, 0.1) is 13.2 Å². The van der Waals surface area contributed by atoms with Crippen molar-refractivity contribution in [1.82, 2.24) is 20.4 Å². The fourth-order valence-corrected chi connectivity index (χ4v) is 2.59. The number of benzene rings is 1. The summed E-state index contributed by atoms with van der Waals surface area (Å²) in [5, 5.41) is 9.49. The molecule has 1 aromatic heterocycles. The summed E-state index contributed by atoms with van der Waals surface area (Å²) in [5.41, 5.74) is 0.287. The molecule has 1 atom stereocenters. The van der Waals surface area contributed by atoms with Crippen molar-refractivity contribution in [3.8, 4) is 0 Å². The highest BCUT2D eigenvalue weighted by Crippen LogP contribution is 2.30. The van der Waals surface area contributed by atoms with Crippen molar-refractivity contribution in [3.05, 3.63) is 53.3 Å². The third-order valence-corrected chi connectivity index (χ3v) is 3.97. The van der Waals surface area contributed by atoms with E-state index in [9.17, 15) is 13.2 Å². The summed E-state index contributed by atoms with van der Waals surface area (Å²) in [4.78, 5) is 4.05. The maximum Gasteiger partial charge on any atom is 0.435 e. The number of alkyl halides is 3. The summed E-state index contributed by atoms with van der Waals surface area (Å²) < 4.78 is 45.9. The molecule has 0 radical (unpaired) electrons. The SMILES string of the molecule is CN=C(NCc1cn(C)nc1C(F)(F)F)NCC(C)COCc1ccccc1. The number of guanidine groups is 1. The van der Waals surface area contributed by atoms with Gasteiger partial charge in [0.2, 0.25) is 0 Å². The Morgan fingerprint density at radius 3 is 2.61 bits per heavy atom. The molecule has 0 spiro atoms. The first-order valence-corrected chi connectivity index (χ1v) is 8.95. The summed E-state index contributed by atoms with van der Waals surface area (Å²) in [5.74, 6) is 0.623. The summed E-state index contributed by atoms with van der Waals surface area (Å²) in [6.45, 7) is 3.67. The van der Waals surface area contributed by atoms with Crippen LogP contribution in [0.5, 0.6) is 0 Å². The largest absolute Gasteiger partial charge is 0.435 e. The van der Waals surface area contributed by atoms with Crippen LogP contribution in [0, 0.1) is 5.92 Å². The Morgan fingerprint density at radius 2 is 1.96 bits per heavy atom. The number of hydrogen-bond donors (Lipinski definition) is 2. The van der Waals surface area contributed by atoms with Crippen molar-refractivity contribution in [3.63, 3.8) is 0 Å². The van der Waals surface area contributed by atoms with Crippen LogP contribution in [0.1, 0.15) is 23.7 Å². The van der Waals surface area contributed by atoms with E-state index in [1.807, 2.05) is 37.3 Å². The molecule has 1 unspecified atom stereocenters. The Balaban J connectivity index is 1.75. The van der Waals surface area contributed by atoms with Gasteiger partial charge in [0, 0.05) is 38.9 Å². The summed E-state index contributed by atoms with van der Waals surface area (Å²) >= 11 is 0. The highest BCUT2D eigenvalue weighted by molar-refractivity contribution is 5.79. The van der Waals surface area contributed by atoms with Crippen LogP contribution >= 0.6 is 0 Å². The second-order valence-electron chi connectivity index (χ2n) is 6.59. The van der Waals surface area contributed by atoms with Crippen LogP contribution in [0.4, 0.5) is 13.2 Å². The Morgan fingerprint density at radius 1 is 1.25 bits per heavy atom. The van der Waals surface area contributed by atoms with E-state index >= 15 is 0 Å². The van der Waals surface area contributed by atoms with E-state index < -0.39 is 11.9 Å². The van der Waals surface area contributed by atoms with Crippen LogP contribution in [-0.4, -0.2) is 35.9 Å². The van der Waals surface area contributed by atoms with Crippen LogP contribution in [0.2, 0.25) is 0 Å². The molecule has 2 rings (SSSR count). The molecule has 9 heteroatoms. The first-order valence-electron chi connectivity index (χ1n) is 8.95. The lowest BCUT2D eigenvalue weighted by Gasteiger charge is -2.16. The number of hydrogen-bond acceptors (Lipinski definition) is 3. The fourth-order valence-electron chi connectivity index (χ4n) is 2.59. The molecular formula is C19H26F3N5O. The number of aryl methyl sites for hydroxylation is 1.